The van der Waals surface area contributed by atoms with Crippen molar-refractivity contribution in [3.63, 3.8) is 0 Å². The zero-order valence-corrected chi connectivity index (χ0v) is 13.4. The van der Waals surface area contributed by atoms with E-state index < -0.39 is 0 Å². The van der Waals surface area contributed by atoms with Crippen molar-refractivity contribution in [3.05, 3.63) is 34.1 Å². The maximum atomic E-state index is 13.9. The molecule has 0 saturated heterocycles. The Bertz CT molecular complexity index is 458. The Morgan fingerprint density at radius 3 is 2.63 bits per heavy atom. The first-order valence-electron chi connectivity index (χ1n) is 7.03. The Balaban J connectivity index is 2.12. The average molecular weight is 328 g/mol. The predicted molar refractivity (Wildman–Crippen MR) is 81.6 cm³/mol. The highest BCUT2D eigenvalue weighted by Crippen LogP contribution is 2.38. The molecule has 106 valence electrons. The molecule has 1 nitrogen and oxygen atoms in total. The van der Waals surface area contributed by atoms with Crippen LogP contribution in [0.25, 0.3) is 0 Å². The predicted octanol–water partition coefficient (Wildman–Crippen LogP) is 4.82. The molecule has 1 aromatic rings. The second-order valence-corrected chi connectivity index (χ2v) is 7.71. The molecular weight excluding hydrogens is 305 g/mol. The molecule has 0 heterocycles. The Hall–Kier alpha value is -0.410. The summed E-state index contributed by atoms with van der Waals surface area (Å²) in [5, 5.41) is 0. The smallest absolute Gasteiger partial charge is 0.127 e. The molecule has 1 aliphatic carbocycles. The second kappa shape index (κ2) is 5.53. The maximum absolute atomic E-state index is 13.9. The molecule has 2 rings (SSSR count). The molecule has 0 spiro atoms. The van der Waals surface area contributed by atoms with Crippen molar-refractivity contribution in [2.24, 2.45) is 11.1 Å². The minimum absolute atomic E-state index is 0.150. The standard InChI is InChI=1S/C16H23BrFN/c1-15(2)6-3-7-16(19,9-8-15)11-12-4-5-13(17)10-14(12)18/h4-5,10H,3,6-9,11,19H2,1-2H3. The zero-order valence-electron chi connectivity index (χ0n) is 11.8. The van der Waals surface area contributed by atoms with Crippen LogP contribution in [-0.4, -0.2) is 5.54 Å². The van der Waals surface area contributed by atoms with Crippen LogP contribution in [-0.2, 0) is 6.42 Å². The summed E-state index contributed by atoms with van der Waals surface area (Å²) in [4.78, 5) is 0. The van der Waals surface area contributed by atoms with Gasteiger partial charge in [-0.1, -0.05) is 42.3 Å². The van der Waals surface area contributed by atoms with Gasteiger partial charge in [-0.2, -0.15) is 0 Å². The lowest BCUT2D eigenvalue weighted by atomic mass is 9.81. The third kappa shape index (κ3) is 4.03. The molecule has 0 aliphatic heterocycles. The van der Waals surface area contributed by atoms with Crippen molar-refractivity contribution in [1.82, 2.24) is 0 Å². The van der Waals surface area contributed by atoms with E-state index in [1.165, 1.54) is 12.5 Å². The van der Waals surface area contributed by atoms with Gasteiger partial charge in [-0.05, 0) is 55.2 Å². The van der Waals surface area contributed by atoms with Gasteiger partial charge >= 0.3 is 0 Å². The van der Waals surface area contributed by atoms with E-state index in [1.54, 1.807) is 0 Å². The molecule has 0 bridgehead atoms. The molecule has 1 aliphatic rings. The monoisotopic (exact) mass is 327 g/mol. The van der Waals surface area contributed by atoms with E-state index in [4.69, 9.17) is 5.73 Å². The van der Waals surface area contributed by atoms with Gasteiger partial charge < -0.3 is 5.73 Å². The fraction of sp³-hybridized carbons (Fsp3) is 0.625. The molecule has 3 heteroatoms. The van der Waals surface area contributed by atoms with E-state index in [1.807, 2.05) is 12.1 Å². The van der Waals surface area contributed by atoms with Crippen LogP contribution in [0.5, 0.6) is 0 Å². The molecule has 0 radical (unpaired) electrons. The Kier molecular flexibility index (Phi) is 4.36. The quantitative estimate of drug-likeness (QED) is 0.774. The van der Waals surface area contributed by atoms with Gasteiger partial charge in [0.1, 0.15) is 5.82 Å². The normalized spacial score (nSPS) is 27.0. The van der Waals surface area contributed by atoms with Crippen molar-refractivity contribution in [3.8, 4) is 0 Å². The fourth-order valence-electron chi connectivity index (χ4n) is 2.98. The molecule has 1 unspecified atom stereocenters. The van der Waals surface area contributed by atoms with Crippen molar-refractivity contribution >= 4 is 15.9 Å². The van der Waals surface area contributed by atoms with Gasteiger partial charge in [-0.15, -0.1) is 0 Å². The summed E-state index contributed by atoms with van der Waals surface area (Å²) in [6.07, 6.45) is 6.10. The van der Waals surface area contributed by atoms with Crippen molar-refractivity contribution in [2.75, 3.05) is 0 Å². The summed E-state index contributed by atoms with van der Waals surface area (Å²) < 4.78 is 14.7. The third-order valence-electron chi connectivity index (χ3n) is 4.39. The molecule has 19 heavy (non-hydrogen) atoms. The average Bonchev–Trinajstić information content (AvgIpc) is 2.43. The second-order valence-electron chi connectivity index (χ2n) is 6.79. The van der Waals surface area contributed by atoms with E-state index in [2.05, 4.69) is 29.8 Å². The molecular formula is C16H23BrFN. The largest absolute Gasteiger partial charge is 0.325 e. The lowest BCUT2D eigenvalue weighted by molar-refractivity contribution is 0.296. The topological polar surface area (TPSA) is 26.0 Å². The number of hydrogen-bond acceptors (Lipinski definition) is 1. The van der Waals surface area contributed by atoms with E-state index in [0.29, 0.717) is 11.8 Å². The Morgan fingerprint density at radius 1 is 1.21 bits per heavy atom. The summed E-state index contributed by atoms with van der Waals surface area (Å²) in [6, 6.07) is 5.27. The summed E-state index contributed by atoms with van der Waals surface area (Å²) in [7, 11) is 0. The maximum Gasteiger partial charge on any atom is 0.127 e. The first-order chi connectivity index (χ1) is 8.80. The van der Waals surface area contributed by atoms with Crippen LogP contribution in [0.15, 0.2) is 22.7 Å². The van der Waals surface area contributed by atoms with Crippen LogP contribution < -0.4 is 5.73 Å². The summed E-state index contributed by atoms with van der Waals surface area (Å²) in [5.74, 6) is -0.150. The van der Waals surface area contributed by atoms with Gasteiger partial charge in [0.2, 0.25) is 0 Å². The molecule has 1 atom stereocenters. The third-order valence-corrected chi connectivity index (χ3v) is 4.88. The lowest BCUT2D eigenvalue weighted by Gasteiger charge is -2.29. The van der Waals surface area contributed by atoms with Gasteiger partial charge in [0, 0.05) is 10.0 Å². The van der Waals surface area contributed by atoms with Crippen LogP contribution in [0.3, 0.4) is 0 Å². The summed E-state index contributed by atoms with van der Waals surface area (Å²) in [6.45, 7) is 4.61. The highest BCUT2D eigenvalue weighted by atomic mass is 79.9. The van der Waals surface area contributed by atoms with Crippen molar-refractivity contribution < 1.29 is 4.39 Å². The number of hydrogen-bond donors (Lipinski definition) is 1. The minimum Gasteiger partial charge on any atom is -0.325 e. The highest BCUT2D eigenvalue weighted by Gasteiger charge is 2.33. The van der Waals surface area contributed by atoms with Crippen LogP contribution in [0.1, 0.15) is 51.5 Å². The Morgan fingerprint density at radius 2 is 1.95 bits per heavy atom. The first-order valence-corrected chi connectivity index (χ1v) is 7.82. The van der Waals surface area contributed by atoms with E-state index in [-0.39, 0.29) is 11.4 Å². The van der Waals surface area contributed by atoms with Gasteiger partial charge in [0.25, 0.3) is 0 Å². The summed E-state index contributed by atoms with van der Waals surface area (Å²) >= 11 is 3.29. The first kappa shape index (κ1) is 15.0. The fourth-order valence-corrected chi connectivity index (χ4v) is 3.31. The molecule has 0 aromatic heterocycles. The van der Waals surface area contributed by atoms with Crippen molar-refractivity contribution in [1.29, 1.82) is 0 Å². The van der Waals surface area contributed by atoms with E-state index >= 15 is 0 Å². The van der Waals surface area contributed by atoms with Crippen LogP contribution in [0.2, 0.25) is 0 Å². The van der Waals surface area contributed by atoms with Crippen LogP contribution in [0, 0.1) is 11.2 Å². The van der Waals surface area contributed by atoms with Gasteiger partial charge in [0.05, 0.1) is 0 Å². The number of nitrogens with two attached hydrogens (primary N) is 1. The molecule has 1 aromatic carbocycles. The number of benzene rings is 1. The van der Waals surface area contributed by atoms with Crippen molar-refractivity contribution in [2.45, 2.75) is 57.9 Å². The van der Waals surface area contributed by atoms with Crippen LogP contribution in [0.4, 0.5) is 4.39 Å². The van der Waals surface area contributed by atoms with Gasteiger partial charge in [-0.3, -0.25) is 0 Å². The number of rotatable bonds is 2. The highest BCUT2D eigenvalue weighted by molar-refractivity contribution is 9.10. The van der Waals surface area contributed by atoms with E-state index in [9.17, 15) is 4.39 Å². The zero-order chi connectivity index (χ0) is 14.1. The molecule has 1 fully saturated rings. The lowest BCUT2D eigenvalue weighted by Crippen LogP contribution is -2.42. The minimum atomic E-state index is -0.248. The van der Waals surface area contributed by atoms with Gasteiger partial charge in [-0.25, -0.2) is 4.39 Å². The SMILES string of the molecule is CC1(C)CCCC(N)(Cc2ccc(Br)cc2F)CC1. The Labute approximate surface area is 123 Å². The molecule has 0 amide bonds. The number of halogens is 2. The van der Waals surface area contributed by atoms with Crippen LogP contribution >= 0.6 is 15.9 Å². The summed E-state index contributed by atoms with van der Waals surface area (Å²) in [5.41, 5.74) is 7.41. The molecule has 1 saturated carbocycles. The van der Waals surface area contributed by atoms with E-state index in [0.717, 1.165) is 35.7 Å². The molecule has 2 N–H and O–H groups in total. The van der Waals surface area contributed by atoms with Gasteiger partial charge in [0.15, 0.2) is 0 Å².